The standard InChI is InChI=1S/C20H23N3O4/c1-21-19(24)11-10-14-6-2-3-7-16(14)23-20(25)22-12-15-13-26-17-8-4-5-9-18(17)27-15/h2-9,15H,10-13H2,1H3,(H,21,24)(H2,22,23,25). The van der Waals surface area contributed by atoms with Crippen molar-refractivity contribution in [3.63, 3.8) is 0 Å². The number of nitrogens with one attached hydrogen (secondary N) is 3. The van der Waals surface area contributed by atoms with E-state index < -0.39 is 0 Å². The minimum Gasteiger partial charge on any atom is -0.486 e. The fraction of sp³-hybridized carbons (Fsp3) is 0.300. The van der Waals surface area contributed by atoms with Gasteiger partial charge in [0, 0.05) is 19.2 Å². The quantitative estimate of drug-likeness (QED) is 0.729. The van der Waals surface area contributed by atoms with Crippen molar-refractivity contribution in [2.75, 3.05) is 25.5 Å². The average molecular weight is 369 g/mol. The molecule has 1 heterocycles. The molecule has 0 aromatic heterocycles. The normalized spacial score (nSPS) is 14.9. The van der Waals surface area contributed by atoms with Crippen LogP contribution >= 0.6 is 0 Å². The molecular weight excluding hydrogens is 346 g/mol. The van der Waals surface area contributed by atoms with Gasteiger partial charge in [0.2, 0.25) is 5.91 Å². The summed E-state index contributed by atoms with van der Waals surface area (Å²) in [6.07, 6.45) is 0.657. The maximum atomic E-state index is 12.2. The maximum Gasteiger partial charge on any atom is 0.319 e. The Kier molecular flexibility index (Phi) is 6.14. The van der Waals surface area contributed by atoms with Gasteiger partial charge in [0.05, 0.1) is 6.54 Å². The SMILES string of the molecule is CNC(=O)CCc1ccccc1NC(=O)NCC1COc2ccccc2O1. The number of benzene rings is 2. The number of aryl methyl sites for hydroxylation is 1. The van der Waals surface area contributed by atoms with Crippen molar-refractivity contribution in [1.82, 2.24) is 10.6 Å². The monoisotopic (exact) mass is 369 g/mol. The van der Waals surface area contributed by atoms with E-state index in [1.165, 1.54) is 0 Å². The van der Waals surface area contributed by atoms with E-state index in [2.05, 4.69) is 16.0 Å². The number of anilines is 1. The zero-order valence-corrected chi connectivity index (χ0v) is 15.2. The highest BCUT2D eigenvalue weighted by atomic mass is 16.6. The van der Waals surface area contributed by atoms with Gasteiger partial charge < -0.3 is 25.4 Å². The highest BCUT2D eigenvalue weighted by Crippen LogP contribution is 2.30. The van der Waals surface area contributed by atoms with Gasteiger partial charge >= 0.3 is 6.03 Å². The van der Waals surface area contributed by atoms with Gasteiger partial charge in [-0.05, 0) is 30.2 Å². The summed E-state index contributed by atoms with van der Waals surface area (Å²) in [7, 11) is 1.61. The molecule has 0 fully saturated rings. The van der Waals surface area contributed by atoms with Gasteiger partial charge in [0.15, 0.2) is 17.6 Å². The van der Waals surface area contributed by atoms with Crippen LogP contribution in [0.15, 0.2) is 48.5 Å². The molecule has 1 unspecified atom stereocenters. The third-order valence-corrected chi connectivity index (χ3v) is 4.22. The summed E-state index contributed by atoms with van der Waals surface area (Å²) in [5, 5.41) is 8.23. The molecule has 1 aliphatic rings. The van der Waals surface area contributed by atoms with Crippen LogP contribution in [0, 0.1) is 0 Å². The molecular formula is C20H23N3O4. The number of fused-ring (bicyclic) bond motifs is 1. The van der Waals surface area contributed by atoms with Gasteiger partial charge in [-0.2, -0.15) is 0 Å². The summed E-state index contributed by atoms with van der Waals surface area (Å²) >= 11 is 0. The first kappa shape index (κ1) is 18.6. The van der Waals surface area contributed by atoms with Gasteiger partial charge in [-0.1, -0.05) is 30.3 Å². The molecule has 3 amide bonds. The molecule has 1 atom stereocenters. The van der Waals surface area contributed by atoms with Crippen LogP contribution in [0.2, 0.25) is 0 Å². The number of para-hydroxylation sites is 3. The Bertz CT molecular complexity index is 809. The zero-order valence-electron chi connectivity index (χ0n) is 15.2. The lowest BCUT2D eigenvalue weighted by molar-refractivity contribution is -0.120. The van der Waals surface area contributed by atoms with Crippen molar-refractivity contribution in [3.8, 4) is 11.5 Å². The number of rotatable bonds is 6. The number of hydrogen-bond acceptors (Lipinski definition) is 4. The molecule has 0 saturated heterocycles. The van der Waals surface area contributed by atoms with Crippen LogP contribution in [0.3, 0.4) is 0 Å². The Labute approximate surface area is 158 Å². The minimum absolute atomic E-state index is 0.0380. The molecule has 27 heavy (non-hydrogen) atoms. The molecule has 7 nitrogen and oxygen atoms in total. The van der Waals surface area contributed by atoms with Crippen LogP contribution in [0.5, 0.6) is 11.5 Å². The first-order valence-electron chi connectivity index (χ1n) is 8.87. The molecule has 3 rings (SSSR count). The summed E-state index contributed by atoms with van der Waals surface area (Å²) in [5.41, 5.74) is 1.59. The lowest BCUT2D eigenvalue weighted by Crippen LogP contribution is -2.42. The predicted octanol–water partition coefficient (Wildman–Crippen LogP) is 2.33. The Balaban J connectivity index is 1.51. The second-order valence-electron chi connectivity index (χ2n) is 6.16. The third kappa shape index (κ3) is 5.13. The fourth-order valence-corrected chi connectivity index (χ4v) is 2.77. The maximum absolute atomic E-state index is 12.2. The Morgan fingerprint density at radius 3 is 2.63 bits per heavy atom. The van der Waals surface area contributed by atoms with E-state index in [0.717, 1.165) is 5.56 Å². The van der Waals surface area contributed by atoms with Crippen LogP contribution in [0.4, 0.5) is 10.5 Å². The summed E-state index contributed by atoms with van der Waals surface area (Å²) in [6.45, 7) is 0.695. The molecule has 0 bridgehead atoms. The van der Waals surface area contributed by atoms with Gasteiger partial charge in [0.25, 0.3) is 0 Å². The summed E-state index contributed by atoms with van der Waals surface area (Å²) in [5.74, 6) is 1.35. The number of carbonyl (C=O) groups is 2. The molecule has 1 aliphatic heterocycles. The molecule has 0 spiro atoms. The van der Waals surface area contributed by atoms with Crippen LogP contribution in [-0.2, 0) is 11.2 Å². The number of amides is 3. The molecule has 142 valence electrons. The lowest BCUT2D eigenvalue weighted by atomic mass is 10.1. The van der Waals surface area contributed by atoms with Crippen LogP contribution in [-0.4, -0.2) is 38.2 Å². The largest absolute Gasteiger partial charge is 0.486 e. The molecule has 0 aliphatic carbocycles. The Morgan fingerprint density at radius 2 is 1.81 bits per heavy atom. The van der Waals surface area contributed by atoms with E-state index in [0.29, 0.717) is 43.2 Å². The summed E-state index contributed by atoms with van der Waals surface area (Å²) in [6, 6.07) is 14.6. The van der Waals surface area contributed by atoms with Crippen molar-refractivity contribution in [2.45, 2.75) is 18.9 Å². The van der Waals surface area contributed by atoms with Gasteiger partial charge in [0.1, 0.15) is 6.61 Å². The summed E-state index contributed by atoms with van der Waals surface area (Å²) < 4.78 is 11.5. The summed E-state index contributed by atoms with van der Waals surface area (Å²) in [4.78, 5) is 23.7. The molecule has 0 radical (unpaired) electrons. The molecule has 7 heteroatoms. The van der Waals surface area contributed by atoms with E-state index in [9.17, 15) is 9.59 Å². The molecule has 2 aromatic carbocycles. The van der Waals surface area contributed by atoms with E-state index in [-0.39, 0.29) is 18.0 Å². The highest BCUT2D eigenvalue weighted by Gasteiger charge is 2.21. The number of urea groups is 1. The highest BCUT2D eigenvalue weighted by molar-refractivity contribution is 5.90. The molecule has 2 aromatic rings. The lowest BCUT2D eigenvalue weighted by Gasteiger charge is -2.26. The Morgan fingerprint density at radius 1 is 1.07 bits per heavy atom. The number of ether oxygens (including phenoxy) is 2. The van der Waals surface area contributed by atoms with Crippen LogP contribution in [0.1, 0.15) is 12.0 Å². The topological polar surface area (TPSA) is 88.7 Å². The van der Waals surface area contributed by atoms with Crippen molar-refractivity contribution in [1.29, 1.82) is 0 Å². The molecule has 0 saturated carbocycles. The number of carbonyl (C=O) groups excluding carboxylic acids is 2. The Hall–Kier alpha value is -3.22. The second kappa shape index (κ2) is 8.93. The van der Waals surface area contributed by atoms with E-state index in [1.54, 1.807) is 7.05 Å². The molecule has 3 N–H and O–H groups in total. The smallest absolute Gasteiger partial charge is 0.319 e. The van der Waals surface area contributed by atoms with Crippen LogP contribution < -0.4 is 25.4 Å². The van der Waals surface area contributed by atoms with Crippen molar-refractivity contribution >= 4 is 17.6 Å². The van der Waals surface area contributed by atoms with Gasteiger partial charge in [-0.3, -0.25) is 4.79 Å². The average Bonchev–Trinajstić information content (AvgIpc) is 2.71. The van der Waals surface area contributed by atoms with E-state index in [1.807, 2.05) is 48.5 Å². The second-order valence-corrected chi connectivity index (χ2v) is 6.16. The zero-order chi connectivity index (χ0) is 19.1. The third-order valence-electron chi connectivity index (χ3n) is 4.22. The van der Waals surface area contributed by atoms with Crippen molar-refractivity contribution < 1.29 is 19.1 Å². The van der Waals surface area contributed by atoms with Gasteiger partial charge in [-0.15, -0.1) is 0 Å². The predicted molar refractivity (Wildman–Crippen MR) is 102 cm³/mol. The van der Waals surface area contributed by atoms with E-state index in [4.69, 9.17) is 9.47 Å². The van der Waals surface area contributed by atoms with Crippen molar-refractivity contribution in [2.24, 2.45) is 0 Å². The minimum atomic E-state index is -0.329. The van der Waals surface area contributed by atoms with Gasteiger partial charge in [-0.25, -0.2) is 4.79 Å². The fourth-order valence-electron chi connectivity index (χ4n) is 2.77. The van der Waals surface area contributed by atoms with Crippen LogP contribution in [0.25, 0.3) is 0 Å². The first-order chi connectivity index (χ1) is 13.2. The van der Waals surface area contributed by atoms with Crippen molar-refractivity contribution in [3.05, 3.63) is 54.1 Å². The van der Waals surface area contributed by atoms with E-state index >= 15 is 0 Å². The number of hydrogen-bond donors (Lipinski definition) is 3. The first-order valence-corrected chi connectivity index (χ1v) is 8.87.